The maximum atomic E-state index is 9.36. The number of benzene rings is 1. The van der Waals surface area contributed by atoms with Crippen molar-refractivity contribution in [3.05, 3.63) is 23.8 Å². The fourth-order valence-electron chi connectivity index (χ4n) is 1.14. The van der Waals surface area contributed by atoms with Crippen molar-refractivity contribution in [1.82, 2.24) is 0 Å². The second-order valence-corrected chi connectivity index (χ2v) is 3.63. The molecule has 1 rings (SSSR count). The summed E-state index contributed by atoms with van der Waals surface area (Å²) in [6, 6.07) is 3.82. The summed E-state index contributed by atoms with van der Waals surface area (Å²) < 4.78 is 0. The molecule has 5 heteroatoms. The first-order valence-electron chi connectivity index (χ1n) is 4.44. The average molecular weight is 214 g/mol. The fourth-order valence-corrected chi connectivity index (χ4v) is 1.14. The van der Waals surface area contributed by atoms with E-state index in [1.165, 1.54) is 18.2 Å². The van der Waals surface area contributed by atoms with Gasteiger partial charge in [-0.15, -0.1) is 0 Å². The van der Waals surface area contributed by atoms with Gasteiger partial charge in [0.2, 0.25) is 0 Å². The van der Waals surface area contributed by atoms with Crippen molar-refractivity contribution in [3.63, 3.8) is 0 Å². The lowest BCUT2D eigenvalue weighted by atomic mass is 10.0. The molecule has 0 fully saturated rings. The van der Waals surface area contributed by atoms with Gasteiger partial charge < -0.3 is 25.5 Å². The van der Waals surface area contributed by atoms with Crippen LogP contribution in [-0.4, -0.2) is 37.4 Å². The fraction of sp³-hybridized carbons (Fsp3) is 0.400. The average Bonchev–Trinajstić information content (AvgIpc) is 2.09. The van der Waals surface area contributed by atoms with Crippen molar-refractivity contribution in [2.24, 2.45) is 0 Å². The number of rotatable bonds is 3. The van der Waals surface area contributed by atoms with Crippen LogP contribution in [0.1, 0.15) is 12.5 Å². The second kappa shape index (κ2) is 4.06. The molecule has 1 unspecified atom stereocenters. The lowest BCUT2D eigenvalue weighted by Gasteiger charge is -2.23. The van der Waals surface area contributed by atoms with Gasteiger partial charge >= 0.3 is 0 Å². The number of phenols is 2. The van der Waals surface area contributed by atoms with Gasteiger partial charge in [0.25, 0.3) is 0 Å². The highest BCUT2D eigenvalue weighted by Crippen LogP contribution is 2.24. The Morgan fingerprint density at radius 1 is 1.27 bits per heavy atom. The maximum absolute atomic E-state index is 9.36. The third kappa shape index (κ3) is 3.09. The molecule has 0 aliphatic rings. The van der Waals surface area contributed by atoms with Crippen LogP contribution in [0.4, 0.5) is 0 Å². The van der Waals surface area contributed by atoms with Gasteiger partial charge in [0, 0.05) is 12.0 Å². The minimum atomic E-state index is -2.24. The van der Waals surface area contributed by atoms with Crippen LogP contribution in [-0.2, 0) is 6.42 Å². The van der Waals surface area contributed by atoms with Crippen molar-refractivity contribution in [1.29, 1.82) is 0 Å². The lowest BCUT2D eigenvalue weighted by Crippen LogP contribution is -2.40. The molecule has 1 aromatic carbocycles. The van der Waals surface area contributed by atoms with Gasteiger partial charge in [-0.25, -0.2) is 0 Å². The topological polar surface area (TPSA) is 101 Å². The molecule has 0 heterocycles. The van der Waals surface area contributed by atoms with E-state index in [2.05, 4.69) is 0 Å². The second-order valence-electron chi connectivity index (χ2n) is 3.63. The van der Waals surface area contributed by atoms with Gasteiger partial charge in [-0.1, -0.05) is 0 Å². The smallest absolute Gasteiger partial charge is 0.186 e. The van der Waals surface area contributed by atoms with Gasteiger partial charge in [0.05, 0.1) is 0 Å². The number of hydrogen-bond donors (Lipinski definition) is 5. The zero-order valence-corrected chi connectivity index (χ0v) is 8.25. The molecule has 0 saturated carbocycles. The zero-order chi connectivity index (χ0) is 11.6. The summed E-state index contributed by atoms with van der Waals surface area (Å²) in [6.45, 7) is 1.04. The van der Waals surface area contributed by atoms with Crippen LogP contribution < -0.4 is 0 Å². The van der Waals surface area contributed by atoms with E-state index in [1.54, 1.807) is 0 Å². The van der Waals surface area contributed by atoms with Gasteiger partial charge in [-0.3, -0.25) is 0 Å². The third-order valence-corrected chi connectivity index (χ3v) is 2.11. The Kier molecular flexibility index (Phi) is 3.18. The van der Waals surface area contributed by atoms with E-state index in [1.807, 2.05) is 0 Å². The minimum Gasteiger partial charge on any atom is -0.508 e. The van der Waals surface area contributed by atoms with Crippen molar-refractivity contribution in [3.8, 4) is 11.5 Å². The lowest BCUT2D eigenvalue weighted by molar-refractivity contribution is -0.210. The van der Waals surface area contributed by atoms with Crippen LogP contribution in [0.15, 0.2) is 18.2 Å². The molecule has 0 aliphatic heterocycles. The molecule has 0 radical (unpaired) electrons. The van der Waals surface area contributed by atoms with E-state index in [4.69, 9.17) is 15.3 Å². The number of aromatic hydroxyl groups is 2. The van der Waals surface area contributed by atoms with Crippen LogP contribution in [0.2, 0.25) is 0 Å². The summed E-state index contributed by atoms with van der Waals surface area (Å²) in [4.78, 5) is 0. The molecule has 0 amide bonds. The minimum absolute atomic E-state index is 0.0624. The Morgan fingerprint density at radius 2 is 1.87 bits per heavy atom. The molecule has 0 aromatic heterocycles. The summed E-state index contributed by atoms with van der Waals surface area (Å²) in [5.74, 6) is -2.42. The van der Waals surface area contributed by atoms with Crippen LogP contribution in [0.5, 0.6) is 11.5 Å². The van der Waals surface area contributed by atoms with Crippen molar-refractivity contribution in [2.75, 3.05) is 0 Å². The van der Waals surface area contributed by atoms with Crippen molar-refractivity contribution < 1.29 is 25.5 Å². The van der Waals surface area contributed by atoms with E-state index in [9.17, 15) is 10.2 Å². The summed E-state index contributed by atoms with van der Waals surface area (Å²) >= 11 is 0. The summed E-state index contributed by atoms with van der Waals surface area (Å²) in [6.07, 6.45) is -1.60. The monoisotopic (exact) mass is 214 g/mol. The molecular formula is C10H14O5. The zero-order valence-electron chi connectivity index (χ0n) is 8.25. The van der Waals surface area contributed by atoms with Crippen LogP contribution in [0, 0.1) is 0 Å². The summed E-state index contributed by atoms with van der Waals surface area (Å²) in [5.41, 5.74) is 0.247. The molecule has 1 atom stereocenters. The molecule has 0 bridgehead atoms. The number of hydrogen-bond acceptors (Lipinski definition) is 5. The van der Waals surface area contributed by atoms with Crippen molar-refractivity contribution in [2.45, 2.75) is 25.2 Å². The van der Waals surface area contributed by atoms with Crippen molar-refractivity contribution >= 4 is 0 Å². The van der Waals surface area contributed by atoms with E-state index < -0.39 is 11.9 Å². The van der Waals surface area contributed by atoms with Crippen LogP contribution in [0.3, 0.4) is 0 Å². The van der Waals surface area contributed by atoms with Gasteiger partial charge in [0.1, 0.15) is 17.6 Å². The molecule has 0 spiro atoms. The van der Waals surface area contributed by atoms with E-state index in [0.29, 0.717) is 0 Å². The summed E-state index contributed by atoms with van der Waals surface area (Å²) in [7, 11) is 0. The first-order valence-corrected chi connectivity index (χ1v) is 4.44. The predicted octanol–water partition coefficient (Wildman–Crippen LogP) is -0.298. The van der Waals surface area contributed by atoms with Crippen LogP contribution >= 0.6 is 0 Å². The Hall–Kier alpha value is -1.30. The molecule has 1 aromatic rings. The van der Waals surface area contributed by atoms with Gasteiger partial charge in [-0.2, -0.15) is 0 Å². The number of aliphatic hydroxyl groups excluding tert-OH is 1. The molecule has 0 saturated heterocycles. The molecule has 84 valence electrons. The summed E-state index contributed by atoms with van der Waals surface area (Å²) in [5, 5.41) is 46.0. The first kappa shape index (κ1) is 11.8. The standard InChI is InChI=1S/C10H14O5/c1-10(14,15)9(13)5-6-4-7(11)2-3-8(6)12/h2-4,9,11-15H,5H2,1H3. The highest BCUT2D eigenvalue weighted by molar-refractivity contribution is 5.39. The number of aliphatic hydroxyl groups is 3. The Bertz CT molecular complexity index is 342. The van der Waals surface area contributed by atoms with E-state index in [0.717, 1.165) is 6.92 Å². The predicted molar refractivity (Wildman–Crippen MR) is 52.3 cm³/mol. The molecule has 0 aliphatic carbocycles. The Labute approximate surface area is 86.9 Å². The Morgan fingerprint density at radius 3 is 2.40 bits per heavy atom. The third-order valence-electron chi connectivity index (χ3n) is 2.11. The van der Waals surface area contributed by atoms with E-state index in [-0.39, 0.29) is 23.5 Å². The van der Waals surface area contributed by atoms with Gasteiger partial charge in [-0.05, 0) is 25.1 Å². The quantitative estimate of drug-likeness (QED) is 0.351. The van der Waals surface area contributed by atoms with Crippen LogP contribution in [0.25, 0.3) is 0 Å². The first-order chi connectivity index (χ1) is 6.80. The van der Waals surface area contributed by atoms with Gasteiger partial charge in [0.15, 0.2) is 5.79 Å². The molecule has 5 N–H and O–H groups in total. The highest BCUT2D eigenvalue weighted by Gasteiger charge is 2.27. The number of phenolic OH excluding ortho intramolecular Hbond substituents is 2. The van der Waals surface area contributed by atoms with E-state index >= 15 is 0 Å². The SMILES string of the molecule is CC(O)(O)C(O)Cc1cc(O)ccc1O. The molecular weight excluding hydrogens is 200 g/mol. The maximum Gasteiger partial charge on any atom is 0.186 e. The molecule has 5 nitrogen and oxygen atoms in total. The normalized spacial score (nSPS) is 13.9. The largest absolute Gasteiger partial charge is 0.508 e. The Balaban J connectivity index is 2.85. The molecule has 15 heavy (non-hydrogen) atoms. The highest BCUT2D eigenvalue weighted by atomic mass is 16.5.